The lowest BCUT2D eigenvalue weighted by molar-refractivity contribution is 0.722. The van der Waals surface area contributed by atoms with Gasteiger partial charge in [-0.25, -0.2) is 9.97 Å². The summed E-state index contributed by atoms with van der Waals surface area (Å²) in [5.41, 5.74) is 17.7. The van der Waals surface area contributed by atoms with Crippen LogP contribution in [0.15, 0.2) is 198 Å². The summed E-state index contributed by atoms with van der Waals surface area (Å²) in [7, 11) is 0. The second kappa shape index (κ2) is 12.6. The molecule has 57 heavy (non-hydrogen) atoms. The van der Waals surface area contributed by atoms with Crippen LogP contribution in [0.5, 0.6) is 0 Å². The summed E-state index contributed by atoms with van der Waals surface area (Å²) in [4.78, 5) is 13.0. The van der Waals surface area contributed by atoms with Crippen molar-refractivity contribution in [3.63, 3.8) is 0 Å². The first-order valence-corrected chi connectivity index (χ1v) is 20.4. The topological polar surface area (TPSA) is 25.8 Å². The molecule has 0 amide bonds. The molecule has 0 unspecified atom stereocenters. The Balaban J connectivity index is 0.962. The van der Waals surface area contributed by atoms with Crippen molar-refractivity contribution in [3.8, 4) is 56.2 Å². The number of rotatable bonds is 4. The molecule has 0 radical (unpaired) electrons. The molecule has 0 saturated carbocycles. The summed E-state index contributed by atoms with van der Waals surface area (Å²) < 4.78 is 0. The van der Waals surface area contributed by atoms with Crippen LogP contribution in [0.3, 0.4) is 0 Å². The second-order valence-electron chi connectivity index (χ2n) is 15.2. The van der Waals surface area contributed by atoms with Crippen LogP contribution >= 0.6 is 11.8 Å². The predicted octanol–water partition coefficient (Wildman–Crippen LogP) is 13.7. The van der Waals surface area contributed by atoms with Gasteiger partial charge >= 0.3 is 0 Å². The van der Waals surface area contributed by atoms with E-state index in [1.807, 2.05) is 17.8 Å². The number of fused-ring (bicyclic) bond motifs is 9. The molecular weight excluding hydrogens is 709 g/mol. The Hall–Kier alpha value is -6.81. The highest BCUT2D eigenvalue weighted by Gasteiger charge is 2.50. The molecule has 2 aliphatic carbocycles. The van der Waals surface area contributed by atoms with Gasteiger partial charge in [0, 0.05) is 26.5 Å². The first-order valence-electron chi connectivity index (χ1n) is 19.6. The van der Waals surface area contributed by atoms with Crippen molar-refractivity contribution in [2.45, 2.75) is 21.6 Å². The van der Waals surface area contributed by atoms with Crippen molar-refractivity contribution in [2.24, 2.45) is 0 Å². The average Bonchev–Trinajstić information content (AvgIpc) is 3.57. The van der Waals surface area contributed by atoms with E-state index in [1.165, 1.54) is 70.6 Å². The number of benzene rings is 8. The van der Waals surface area contributed by atoms with Crippen molar-refractivity contribution in [2.75, 3.05) is 0 Å². The van der Waals surface area contributed by atoms with E-state index >= 15 is 0 Å². The first-order chi connectivity index (χ1) is 28.2. The van der Waals surface area contributed by atoms with Crippen LogP contribution < -0.4 is 0 Å². The third-order valence-electron chi connectivity index (χ3n) is 12.1. The number of hydrogen-bond donors (Lipinski definition) is 0. The van der Waals surface area contributed by atoms with Gasteiger partial charge < -0.3 is 0 Å². The molecule has 1 spiro atoms. The summed E-state index contributed by atoms with van der Waals surface area (Å²) in [5.74, 6) is 0.717. The van der Waals surface area contributed by atoms with Crippen LogP contribution in [0.2, 0.25) is 0 Å². The summed E-state index contributed by atoms with van der Waals surface area (Å²) >= 11 is 1.88. The molecule has 1 aromatic heterocycles. The fourth-order valence-electron chi connectivity index (χ4n) is 9.64. The quantitative estimate of drug-likeness (QED) is 0.180. The van der Waals surface area contributed by atoms with Crippen LogP contribution in [0, 0.1) is 0 Å². The van der Waals surface area contributed by atoms with Gasteiger partial charge in [0.1, 0.15) is 0 Å². The van der Waals surface area contributed by atoms with Crippen molar-refractivity contribution < 1.29 is 0 Å². The van der Waals surface area contributed by atoms with E-state index < -0.39 is 0 Å². The Morgan fingerprint density at radius 3 is 1.88 bits per heavy atom. The number of allylic oxidation sites excluding steroid dienone is 1. The van der Waals surface area contributed by atoms with Gasteiger partial charge in [0.15, 0.2) is 5.82 Å². The highest BCUT2D eigenvalue weighted by molar-refractivity contribution is 7.99. The molecule has 2 nitrogen and oxygen atoms in total. The van der Waals surface area contributed by atoms with E-state index in [2.05, 4.69) is 188 Å². The Morgan fingerprint density at radius 2 is 1.09 bits per heavy atom. The fourth-order valence-corrected chi connectivity index (χ4v) is 10.9. The third kappa shape index (κ3) is 4.92. The molecule has 0 bridgehead atoms. The van der Waals surface area contributed by atoms with E-state index in [1.54, 1.807) is 0 Å². The molecule has 2 heterocycles. The van der Waals surface area contributed by atoms with Crippen molar-refractivity contribution in [3.05, 3.63) is 221 Å². The van der Waals surface area contributed by atoms with Crippen molar-refractivity contribution in [1.29, 1.82) is 0 Å². The van der Waals surface area contributed by atoms with Crippen LogP contribution in [0.25, 0.3) is 73.0 Å². The van der Waals surface area contributed by atoms with E-state index in [0.29, 0.717) is 5.82 Å². The standard InChI is InChI=1S/C54H34N2S/c1-2-12-35(13-3-1)48-33-49(41-30-39-16-10-14-36-15-11-17-40(31-41)52(36)39)56-53(55-48)37-26-24-34(25-27-37)38-28-29-47-51(32-38)57-50-23-9-8-22-46(50)54(47)44-20-6-4-18-42(44)43-19-5-7-21-45(43)54/h1-14,16-33H,15H2. The number of nitrogens with zero attached hydrogens (tertiary/aromatic N) is 2. The van der Waals surface area contributed by atoms with Gasteiger partial charge in [0.05, 0.1) is 16.8 Å². The lowest BCUT2D eigenvalue weighted by Crippen LogP contribution is -2.31. The lowest BCUT2D eigenvalue weighted by Gasteiger charge is -2.39. The molecule has 0 saturated heterocycles. The number of hydrogen-bond acceptors (Lipinski definition) is 3. The zero-order valence-corrected chi connectivity index (χ0v) is 31.8. The minimum atomic E-state index is -0.368. The zero-order valence-electron chi connectivity index (χ0n) is 31.0. The molecule has 9 aromatic rings. The van der Waals surface area contributed by atoms with Gasteiger partial charge in [0.2, 0.25) is 0 Å². The van der Waals surface area contributed by atoms with Gasteiger partial charge in [-0.05, 0) is 103 Å². The highest BCUT2D eigenvalue weighted by atomic mass is 32.2. The third-order valence-corrected chi connectivity index (χ3v) is 13.3. The molecule has 0 fully saturated rings. The largest absolute Gasteiger partial charge is 0.228 e. The Morgan fingerprint density at radius 1 is 0.439 bits per heavy atom. The summed E-state index contributed by atoms with van der Waals surface area (Å²) in [5, 5.41) is 2.59. The van der Waals surface area contributed by atoms with Crippen LogP contribution in [0.1, 0.15) is 33.4 Å². The normalized spacial score (nSPS) is 13.9. The average molecular weight is 743 g/mol. The highest BCUT2D eigenvalue weighted by Crippen LogP contribution is 2.62. The SMILES string of the molecule is C1=Cc2cc(-c3cc(-c4ccccc4)nc(-c4ccc(-c5ccc6c(c5)Sc5ccccc5C65c6ccccc6-c6ccccc65)cc4)n3)cc3cccc(c23)C1. The first kappa shape index (κ1) is 32.4. The zero-order chi connectivity index (χ0) is 37.5. The maximum atomic E-state index is 5.24. The second-order valence-corrected chi connectivity index (χ2v) is 16.3. The van der Waals surface area contributed by atoms with Crippen LogP contribution in [-0.4, -0.2) is 9.97 Å². The monoisotopic (exact) mass is 742 g/mol. The maximum absolute atomic E-state index is 5.24. The Bertz CT molecular complexity index is 3080. The van der Waals surface area contributed by atoms with Gasteiger partial charge in [-0.2, -0.15) is 0 Å². The smallest absolute Gasteiger partial charge is 0.160 e. The minimum absolute atomic E-state index is 0.368. The molecule has 1 aliphatic heterocycles. The Labute approximate surface area is 336 Å². The number of aromatic nitrogens is 2. The van der Waals surface area contributed by atoms with Crippen molar-refractivity contribution >= 4 is 28.6 Å². The molecule has 266 valence electrons. The minimum Gasteiger partial charge on any atom is -0.228 e. The van der Waals surface area contributed by atoms with E-state index in [9.17, 15) is 0 Å². The van der Waals surface area contributed by atoms with Crippen LogP contribution in [-0.2, 0) is 11.8 Å². The van der Waals surface area contributed by atoms with Gasteiger partial charge in [0.25, 0.3) is 0 Å². The maximum Gasteiger partial charge on any atom is 0.160 e. The predicted molar refractivity (Wildman–Crippen MR) is 235 cm³/mol. The molecule has 3 heteroatoms. The van der Waals surface area contributed by atoms with Crippen LogP contribution in [0.4, 0.5) is 0 Å². The lowest BCUT2D eigenvalue weighted by atomic mass is 9.67. The summed E-state index contributed by atoms with van der Waals surface area (Å²) in [6.45, 7) is 0. The fraction of sp³-hybridized carbons (Fsp3) is 0.0370. The molecule has 8 aromatic carbocycles. The van der Waals surface area contributed by atoms with E-state index in [0.717, 1.165) is 40.1 Å². The van der Waals surface area contributed by atoms with Crippen molar-refractivity contribution in [1.82, 2.24) is 9.97 Å². The molecular formula is C54H34N2S. The Kier molecular flexibility index (Phi) is 7.17. The van der Waals surface area contributed by atoms with Gasteiger partial charge in [-0.15, -0.1) is 0 Å². The molecule has 0 atom stereocenters. The summed E-state index contributed by atoms with van der Waals surface area (Å²) in [6, 6.07) is 66.6. The molecule has 0 N–H and O–H groups in total. The van der Waals surface area contributed by atoms with E-state index in [-0.39, 0.29) is 5.41 Å². The van der Waals surface area contributed by atoms with E-state index in [4.69, 9.17) is 9.97 Å². The molecule has 12 rings (SSSR count). The summed E-state index contributed by atoms with van der Waals surface area (Å²) in [6.07, 6.45) is 5.48. The molecule has 3 aliphatic rings. The van der Waals surface area contributed by atoms with Gasteiger partial charge in [-0.3, -0.25) is 0 Å². The van der Waals surface area contributed by atoms with Gasteiger partial charge in [-0.1, -0.05) is 176 Å².